The molecule has 2 unspecified atom stereocenters. The van der Waals surface area contributed by atoms with Gasteiger partial charge in [-0.05, 0) is 30.1 Å². The number of amides is 1. The molecule has 3 rings (SSSR count). The predicted molar refractivity (Wildman–Crippen MR) is 67.3 cm³/mol. The van der Waals surface area contributed by atoms with Crippen LogP contribution in [0.1, 0.15) is 46.0 Å². The summed E-state index contributed by atoms with van der Waals surface area (Å²) in [6.45, 7) is 6.55. The Bertz CT molecular complexity index is 330. The lowest BCUT2D eigenvalue weighted by atomic mass is 9.81. The number of carbonyl (C=O) groups excluding carboxylic acids is 1. The van der Waals surface area contributed by atoms with E-state index in [1.54, 1.807) is 0 Å². The molecule has 0 aromatic carbocycles. The van der Waals surface area contributed by atoms with Gasteiger partial charge in [0.25, 0.3) is 0 Å². The van der Waals surface area contributed by atoms with Crippen LogP contribution in [-0.4, -0.2) is 29.4 Å². The van der Waals surface area contributed by atoms with E-state index in [1.165, 1.54) is 6.42 Å². The minimum Gasteiger partial charge on any atom is -0.340 e. The van der Waals surface area contributed by atoms with Gasteiger partial charge in [0.05, 0.1) is 5.54 Å². The minimum absolute atomic E-state index is 0.236. The van der Waals surface area contributed by atoms with E-state index in [0.717, 1.165) is 50.6 Å². The van der Waals surface area contributed by atoms with E-state index in [-0.39, 0.29) is 5.91 Å². The Hall–Kier alpha value is -0.570. The summed E-state index contributed by atoms with van der Waals surface area (Å²) in [5.41, 5.74) is 6.27. The molecule has 3 heteroatoms. The van der Waals surface area contributed by atoms with Crippen LogP contribution in [0.15, 0.2) is 0 Å². The van der Waals surface area contributed by atoms with E-state index in [9.17, 15) is 4.79 Å². The Morgan fingerprint density at radius 3 is 2.18 bits per heavy atom. The third-order valence-corrected chi connectivity index (χ3v) is 5.58. The topological polar surface area (TPSA) is 46.3 Å². The highest BCUT2D eigenvalue weighted by Gasteiger charge is 2.63. The third-order valence-electron chi connectivity index (χ3n) is 5.58. The van der Waals surface area contributed by atoms with Crippen molar-refractivity contribution in [3.8, 4) is 0 Å². The van der Waals surface area contributed by atoms with Crippen molar-refractivity contribution in [2.75, 3.05) is 13.1 Å². The molecule has 2 aliphatic carbocycles. The van der Waals surface area contributed by atoms with Crippen molar-refractivity contribution in [1.29, 1.82) is 0 Å². The number of hydrogen-bond acceptors (Lipinski definition) is 2. The molecular weight excluding hydrogens is 212 g/mol. The van der Waals surface area contributed by atoms with Crippen LogP contribution in [0.3, 0.4) is 0 Å². The number of carbonyl (C=O) groups is 1. The average Bonchev–Trinajstić information content (AvgIpc) is 2.70. The van der Waals surface area contributed by atoms with E-state index in [4.69, 9.17) is 5.73 Å². The molecule has 1 heterocycles. The highest BCUT2D eigenvalue weighted by molar-refractivity contribution is 5.86. The van der Waals surface area contributed by atoms with Crippen LogP contribution in [-0.2, 0) is 4.79 Å². The molecule has 2 atom stereocenters. The molecule has 0 aromatic rings. The molecule has 3 aliphatic rings. The summed E-state index contributed by atoms with van der Waals surface area (Å²) in [4.78, 5) is 14.5. The number of nitrogens with two attached hydrogens (primary N) is 1. The monoisotopic (exact) mass is 236 g/mol. The number of rotatable bonds is 1. The van der Waals surface area contributed by atoms with Crippen LogP contribution in [0.4, 0.5) is 0 Å². The Labute approximate surface area is 104 Å². The maximum absolute atomic E-state index is 12.5. The van der Waals surface area contributed by atoms with E-state index in [2.05, 4.69) is 13.8 Å². The van der Waals surface area contributed by atoms with E-state index in [1.807, 2.05) is 4.90 Å². The van der Waals surface area contributed by atoms with Gasteiger partial charge in [-0.15, -0.1) is 0 Å². The molecule has 96 valence electrons. The number of hydrogen-bond donors (Lipinski definition) is 1. The van der Waals surface area contributed by atoms with Gasteiger partial charge in [0.1, 0.15) is 0 Å². The molecule has 1 amide bonds. The summed E-state index contributed by atoms with van der Waals surface area (Å²) in [6.07, 6.45) is 5.26. The first-order valence-corrected chi connectivity index (χ1v) is 7.03. The molecular formula is C14H24N2O. The van der Waals surface area contributed by atoms with Crippen LogP contribution in [0.5, 0.6) is 0 Å². The van der Waals surface area contributed by atoms with Gasteiger partial charge < -0.3 is 10.6 Å². The summed E-state index contributed by atoms with van der Waals surface area (Å²) in [6, 6.07) is 0. The summed E-state index contributed by atoms with van der Waals surface area (Å²) in [5.74, 6) is 1.71. The van der Waals surface area contributed by atoms with Crippen LogP contribution in [0.2, 0.25) is 0 Å². The molecule has 0 aromatic heterocycles. The van der Waals surface area contributed by atoms with Crippen molar-refractivity contribution < 1.29 is 4.79 Å². The summed E-state index contributed by atoms with van der Waals surface area (Å²) < 4.78 is 0. The number of piperidine rings is 1. The van der Waals surface area contributed by atoms with Crippen LogP contribution < -0.4 is 5.73 Å². The maximum Gasteiger partial charge on any atom is 0.242 e. The molecule has 2 N–H and O–H groups in total. The van der Waals surface area contributed by atoms with E-state index in [0.29, 0.717) is 5.41 Å². The van der Waals surface area contributed by atoms with Crippen LogP contribution >= 0.6 is 0 Å². The van der Waals surface area contributed by atoms with E-state index < -0.39 is 5.54 Å². The van der Waals surface area contributed by atoms with Crippen molar-refractivity contribution in [2.24, 2.45) is 23.0 Å². The van der Waals surface area contributed by atoms with Gasteiger partial charge in [-0.3, -0.25) is 4.79 Å². The van der Waals surface area contributed by atoms with Gasteiger partial charge in [0.15, 0.2) is 0 Å². The highest BCUT2D eigenvalue weighted by Crippen LogP contribution is 2.62. The molecule has 1 saturated heterocycles. The Morgan fingerprint density at radius 1 is 1.12 bits per heavy atom. The fourth-order valence-corrected chi connectivity index (χ4v) is 4.01. The number of likely N-dealkylation sites (tertiary alicyclic amines) is 1. The fourth-order valence-electron chi connectivity index (χ4n) is 4.01. The van der Waals surface area contributed by atoms with Crippen LogP contribution in [0.25, 0.3) is 0 Å². The third kappa shape index (κ3) is 1.62. The van der Waals surface area contributed by atoms with Crippen molar-refractivity contribution in [3.05, 3.63) is 0 Å². The smallest absolute Gasteiger partial charge is 0.242 e. The van der Waals surface area contributed by atoms with E-state index >= 15 is 0 Å². The van der Waals surface area contributed by atoms with Gasteiger partial charge in [-0.1, -0.05) is 33.1 Å². The lowest BCUT2D eigenvalue weighted by molar-refractivity contribution is -0.138. The second kappa shape index (κ2) is 3.47. The maximum atomic E-state index is 12.5. The number of nitrogens with zero attached hydrogens (tertiary/aromatic N) is 1. The van der Waals surface area contributed by atoms with Gasteiger partial charge in [-0.2, -0.15) is 0 Å². The van der Waals surface area contributed by atoms with Crippen molar-refractivity contribution in [1.82, 2.24) is 4.90 Å². The SMILES string of the molecule is CC1(C)C2CN(C(=O)C3(N)CCCCC3)CC21. The Balaban J connectivity index is 1.65. The predicted octanol–water partition coefficient (Wildman–Crippen LogP) is 1.76. The molecule has 0 bridgehead atoms. The molecule has 2 saturated carbocycles. The second-order valence-corrected chi connectivity index (χ2v) is 6.96. The van der Waals surface area contributed by atoms with Gasteiger partial charge >= 0.3 is 0 Å². The normalized spacial score (nSPS) is 37.7. The molecule has 0 spiro atoms. The zero-order valence-electron chi connectivity index (χ0n) is 11.0. The Morgan fingerprint density at radius 2 is 1.65 bits per heavy atom. The quantitative estimate of drug-likeness (QED) is 0.754. The lowest BCUT2D eigenvalue weighted by Crippen LogP contribution is -2.56. The zero-order chi connectivity index (χ0) is 12.3. The standard InChI is InChI=1S/C14H24N2O/c1-13(2)10-8-16(9-11(10)13)12(17)14(15)6-4-3-5-7-14/h10-11H,3-9,15H2,1-2H3. The Kier molecular flexibility index (Phi) is 2.35. The molecule has 3 nitrogen and oxygen atoms in total. The molecule has 1 aliphatic heterocycles. The van der Waals surface area contributed by atoms with Crippen LogP contribution in [0, 0.1) is 17.3 Å². The summed E-state index contributed by atoms with van der Waals surface area (Å²) in [7, 11) is 0. The lowest BCUT2D eigenvalue weighted by Gasteiger charge is -2.36. The fraction of sp³-hybridized carbons (Fsp3) is 0.929. The second-order valence-electron chi connectivity index (χ2n) is 6.96. The number of fused-ring (bicyclic) bond motifs is 1. The molecule has 17 heavy (non-hydrogen) atoms. The van der Waals surface area contributed by atoms with Crippen molar-refractivity contribution in [2.45, 2.75) is 51.5 Å². The summed E-state index contributed by atoms with van der Waals surface area (Å²) in [5, 5.41) is 0. The van der Waals surface area contributed by atoms with Gasteiger partial charge in [0.2, 0.25) is 5.91 Å². The van der Waals surface area contributed by atoms with Gasteiger partial charge in [0, 0.05) is 13.1 Å². The first-order valence-electron chi connectivity index (χ1n) is 7.03. The van der Waals surface area contributed by atoms with Gasteiger partial charge in [-0.25, -0.2) is 0 Å². The first kappa shape index (κ1) is 11.5. The van der Waals surface area contributed by atoms with Crippen molar-refractivity contribution >= 4 is 5.91 Å². The highest BCUT2D eigenvalue weighted by atomic mass is 16.2. The first-order chi connectivity index (χ1) is 7.95. The minimum atomic E-state index is -0.529. The molecule has 0 radical (unpaired) electrons. The van der Waals surface area contributed by atoms with Crippen molar-refractivity contribution in [3.63, 3.8) is 0 Å². The summed E-state index contributed by atoms with van der Waals surface area (Å²) >= 11 is 0. The largest absolute Gasteiger partial charge is 0.340 e. The average molecular weight is 236 g/mol. The zero-order valence-corrected chi connectivity index (χ0v) is 11.0. The molecule has 3 fully saturated rings.